The van der Waals surface area contributed by atoms with Crippen molar-refractivity contribution in [2.24, 2.45) is 16.7 Å². The molecule has 0 aliphatic heterocycles. The van der Waals surface area contributed by atoms with Gasteiger partial charge < -0.3 is 10.6 Å². The maximum absolute atomic E-state index is 11.4. The lowest BCUT2D eigenvalue weighted by atomic mass is 9.69. The molecule has 2 bridgehead atoms. The molecule has 0 heterocycles. The summed E-state index contributed by atoms with van der Waals surface area (Å²) in [4.78, 5) is 22.8. The fourth-order valence-electron chi connectivity index (χ4n) is 4.26. The van der Waals surface area contributed by atoms with Gasteiger partial charge in [0.2, 0.25) is 11.8 Å². The van der Waals surface area contributed by atoms with Crippen molar-refractivity contribution in [1.29, 1.82) is 0 Å². The summed E-state index contributed by atoms with van der Waals surface area (Å²) in [6.45, 7) is 9.87. The van der Waals surface area contributed by atoms with E-state index < -0.39 is 0 Å². The van der Waals surface area contributed by atoms with E-state index in [1.165, 1.54) is 0 Å². The van der Waals surface area contributed by atoms with Gasteiger partial charge in [-0.2, -0.15) is 0 Å². The Morgan fingerprint density at radius 2 is 1.61 bits per heavy atom. The largest absolute Gasteiger partial charge is 0.351 e. The van der Waals surface area contributed by atoms with Crippen LogP contribution in [0.4, 0.5) is 0 Å². The number of carbonyl (C=O) groups excluding carboxylic acids is 2. The van der Waals surface area contributed by atoms with Crippen molar-refractivity contribution in [1.82, 2.24) is 10.6 Å². The molecule has 0 saturated heterocycles. The molecule has 0 aromatic heterocycles. The Kier molecular flexibility index (Phi) is 2.95. The lowest BCUT2D eigenvalue weighted by Crippen LogP contribution is -2.56. The Bertz CT molecular complexity index is 391. The fraction of sp³-hybridized carbons (Fsp3) is 0.857. The van der Waals surface area contributed by atoms with E-state index in [1.54, 1.807) is 13.8 Å². The molecular weight excluding hydrogens is 228 g/mol. The number of hydrogen-bond donors (Lipinski definition) is 2. The first kappa shape index (κ1) is 13.4. The number of hydrogen-bond acceptors (Lipinski definition) is 2. The number of carbonyl (C=O) groups is 2. The van der Waals surface area contributed by atoms with Crippen LogP contribution in [0.15, 0.2) is 0 Å². The molecular formula is C14H24N2O2. The van der Waals surface area contributed by atoms with Crippen LogP contribution in [0.1, 0.15) is 47.5 Å². The zero-order valence-corrected chi connectivity index (χ0v) is 12.0. The maximum atomic E-state index is 11.4. The lowest BCUT2D eigenvalue weighted by Gasteiger charge is -2.40. The summed E-state index contributed by atoms with van der Waals surface area (Å²) >= 11 is 0. The van der Waals surface area contributed by atoms with Gasteiger partial charge in [0, 0.05) is 13.8 Å². The highest BCUT2D eigenvalue weighted by Gasteiger charge is 2.66. The highest BCUT2D eigenvalue weighted by atomic mass is 16.2. The Labute approximate surface area is 109 Å². The van der Waals surface area contributed by atoms with Gasteiger partial charge >= 0.3 is 0 Å². The predicted molar refractivity (Wildman–Crippen MR) is 69.8 cm³/mol. The van der Waals surface area contributed by atoms with Crippen molar-refractivity contribution in [3.8, 4) is 0 Å². The second kappa shape index (κ2) is 3.97. The smallest absolute Gasteiger partial charge is 0.217 e. The molecule has 0 aromatic rings. The van der Waals surface area contributed by atoms with Crippen LogP contribution in [-0.4, -0.2) is 23.9 Å². The van der Waals surface area contributed by atoms with Crippen molar-refractivity contribution in [3.63, 3.8) is 0 Å². The molecule has 0 aromatic carbocycles. The molecule has 2 aliphatic rings. The second-order valence-electron chi connectivity index (χ2n) is 6.69. The average Bonchev–Trinajstić information content (AvgIpc) is 2.50. The van der Waals surface area contributed by atoms with Crippen molar-refractivity contribution in [2.45, 2.75) is 59.5 Å². The maximum Gasteiger partial charge on any atom is 0.217 e. The van der Waals surface area contributed by atoms with Gasteiger partial charge in [0.05, 0.1) is 12.1 Å². The van der Waals surface area contributed by atoms with Crippen LogP contribution in [0.25, 0.3) is 0 Å². The quantitative estimate of drug-likeness (QED) is 0.781. The second-order valence-corrected chi connectivity index (χ2v) is 6.69. The number of amides is 2. The van der Waals surface area contributed by atoms with Gasteiger partial charge in [-0.25, -0.2) is 0 Å². The standard InChI is InChI=1S/C14H24N2O2/c1-8(17)15-11-10-6-7-14(5,13(10,3)4)12(11)16-9(2)18/h10-12H,6-7H2,1-5H3,(H,15,17)(H,16,18)/t10-,11+,12+,14+/m1/s1. The van der Waals surface area contributed by atoms with E-state index in [-0.39, 0.29) is 34.7 Å². The van der Waals surface area contributed by atoms with Crippen molar-refractivity contribution in [2.75, 3.05) is 0 Å². The van der Waals surface area contributed by atoms with E-state index in [0.29, 0.717) is 5.92 Å². The fourth-order valence-corrected chi connectivity index (χ4v) is 4.26. The van der Waals surface area contributed by atoms with Crippen LogP contribution in [0.3, 0.4) is 0 Å². The van der Waals surface area contributed by atoms with E-state index in [1.807, 2.05) is 0 Å². The molecule has 102 valence electrons. The van der Waals surface area contributed by atoms with Crippen LogP contribution in [0, 0.1) is 16.7 Å². The molecule has 0 unspecified atom stereocenters. The van der Waals surface area contributed by atoms with Crippen molar-refractivity contribution in [3.05, 3.63) is 0 Å². The van der Waals surface area contributed by atoms with Gasteiger partial charge in [0.1, 0.15) is 0 Å². The first-order valence-electron chi connectivity index (χ1n) is 6.74. The Hall–Kier alpha value is -1.06. The highest BCUT2D eigenvalue weighted by molar-refractivity contribution is 5.75. The van der Waals surface area contributed by atoms with Crippen LogP contribution in [0.5, 0.6) is 0 Å². The molecule has 2 fully saturated rings. The van der Waals surface area contributed by atoms with E-state index in [4.69, 9.17) is 0 Å². The first-order chi connectivity index (χ1) is 8.20. The van der Waals surface area contributed by atoms with Crippen LogP contribution in [-0.2, 0) is 9.59 Å². The Balaban J connectivity index is 2.34. The number of fused-ring (bicyclic) bond motifs is 2. The van der Waals surface area contributed by atoms with E-state index in [9.17, 15) is 9.59 Å². The molecule has 4 heteroatoms. The zero-order valence-electron chi connectivity index (χ0n) is 12.0. The summed E-state index contributed by atoms with van der Waals surface area (Å²) in [5, 5.41) is 6.13. The average molecular weight is 252 g/mol. The third-order valence-corrected chi connectivity index (χ3v) is 5.58. The number of rotatable bonds is 2. The summed E-state index contributed by atoms with van der Waals surface area (Å²) in [6.07, 6.45) is 2.25. The summed E-state index contributed by atoms with van der Waals surface area (Å²) in [5.74, 6) is 0.422. The molecule has 2 rings (SSSR count). The molecule has 4 atom stereocenters. The summed E-state index contributed by atoms with van der Waals surface area (Å²) < 4.78 is 0. The molecule has 0 radical (unpaired) electrons. The van der Waals surface area contributed by atoms with Gasteiger partial charge in [-0.1, -0.05) is 20.8 Å². The summed E-state index contributed by atoms with van der Waals surface area (Å²) in [6, 6.07) is 0.118. The first-order valence-corrected chi connectivity index (χ1v) is 6.74. The number of nitrogens with one attached hydrogen (secondary N) is 2. The van der Waals surface area contributed by atoms with Gasteiger partial charge in [-0.15, -0.1) is 0 Å². The topological polar surface area (TPSA) is 58.2 Å². The monoisotopic (exact) mass is 252 g/mol. The Morgan fingerprint density at radius 1 is 1.06 bits per heavy atom. The molecule has 0 spiro atoms. The minimum absolute atomic E-state index is 0.0118. The molecule has 4 nitrogen and oxygen atoms in total. The summed E-state index contributed by atoms with van der Waals surface area (Å²) in [5.41, 5.74) is 0.212. The van der Waals surface area contributed by atoms with Gasteiger partial charge in [-0.05, 0) is 29.6 Å². The molecule has 2 saturated carbocycles. The third-order valence-electron chi connectivity index (χ3n) is 5.58. The van der Waals surface area contributed by atoms with Crippen molar-refractivity contribution >= 4 is 11.8 Å². The molecule has 18 heavy (non-hydrogen) atoms. The van der Waals surface area contributed by atoms with Gasteiger partial charge in [0.15, 0.2) is 0 Å². The minimum atomic E-state index is -0.0140. The summed E-state index contributed by atoms with van der Waals surface area (Å²) in [7, 11) is 0. The van der Waals surface area contributed by atoms with Crippen molar-refractivity contribution < 1.29 is 9.59 Å². The van der Waals surface area contributed by atoms with Gasteiger partial charge in [-0.3, -0.25) is 9.59 Å². The predicted octanol–water partition coefficient (Wildman–Crippen LogP) is 1.45. The molecule has 2 aliphatic carbocycles. The Morgan fingerprint density at radius 3 is 2.11 bits per heavy atom. The van der Waals surface area contributed by atoms with Crippen LogP contribution < -0.4 is 10.6 Å². The SMILES string of the molecule is CC(=O)N[C@H]1[C@H]2CC[C@@](C)([C@H]1NC(C)=O)C2(C)C. The third kappa shape index (κ3) is 1.65. The minimum Gasteiger partial charge on any atom is -0.351 e. The highest BCUT2D eigenvalue weighted by Crippen LogP contribution is 2.65. The van der Waals surface area contributed by atoms with Crippen LogP contribution in [0.2, 0.25) is 0 Å². The van der Waals surface area contributed by atoms with E-state index in [2.05, 4.69) is 31.4 Å². The zero-order chi connectivity index (χ0) is 13.7. The van der Waals surface area contributed by atoms with E-state index in [0.717, 1.165) is 12.8 Å². The van der Waals surface area contributed by atoms with Crippen LogP contribution >= 0.6 is 0 Å². The molecule has 2 amide bonds. The normalized spacial score (nSPS) is 40.6. The van der Waals surface area contributed by atoms with Gasteiger partial charge in [0.25, 0.3) is 0 Å². The molecule has 2 N–H and O–H groups in total. The lowest BCUT2D eigenvalue weighted by molar-refractivity contribution is -0.123. The van der Waals surface area contributed by atoms with E-state index >= 15 is 0 Å².